The van der Waals surface area contributed by atoms with E-state index in [2.05, 4.69) is 57.2 Å². The van der Waals surface area contributed by atoms with Crippen LogP contribution < -0.4 is 5.73 Å². The molecular weight excluding hydrogens is 242 g/mol. The summed E-state index contributed by atoms with van der Waals surface area (Å²) in [6, 6.07) is 13.2. The lowest BCUT2D eigenvalue weighted by atomic mass is 9.87. The van der Waals surface area contributed by atoms with Crippen LogP contribution in [0.15, 0.2) is 36.4 Å². The minimum atomic E-state index is 0.924. The molecule has 1 heteroatoms. The molecule has 0 aliphatic carbocycles. The highest BCUT2D eigenvalue weighted by Crippen LogP contribution is 2.41. The van der Waals surface area contributed by atoms with Gasteiger partial charge in [0.25, 0.3) is 0 Å². The van der Waals surface area contributed by atoms with Crippen LogP contribution in [0.5, 0.6) is 0 Å². The maximum Gasteiger partial charge on any atom is 0.0426 e. The van der Waals surface area contributed by atoms with E-state index in [-0.39, 0.29) is 0 Å². The van der Waals surface area contributed by atoms with Crippen molar-refractivity contribution in [3.05, 3.63) is 53.1 Å². The van der Waals surface area contributed by atoms with Crippen LogP contribution in [0.25, 0.3) is 32.3 Å². The Labute approximate surface area is 118 Å². The van der Waals surface area contributed by atoms with Crippen molar-refractivity contribution in [2.45, 2.75) is 20.8 Å². The number of anilines is 1. The number of benzene rings is 4. The van der Waals surface area contributed by atoms with Crippen molar-refractivity contribution < 1.29 is 0 Å². The Morgan fingerprint density at radius 1 is 0.750 bits per heavy atom. The SMILES string of the molecule is Cc1c(N)c2ccc3cccc4cc(C)c(c1C)c2c34. The van der Waals surface area contributed by atoms with Crippen LogP contribution in [0, 0.1) is 20.8 Å². The molecule has 0 unspecified atom stereocenters. The average molecular weight is 259 g/mol. The zero-order valence-electron chi connectivity index (χ0n) is 12.0. The fraction of sp³-hybridized carbons (Fsp3) is 0.158. The van der Waals surface area contributed by atoms with Gasteiger partial charge in [0.2, 0.25) is 0 Å². The quantitative estimate of drug-likeness (QED) is 0.345. The second kappa shape index (κ2) is 3.63. The molecule has 4 rings (SSSR count). The number of nitrogens with two attached hydrogens (primary N) is 1. The zero-order valence-corrected chi connectivity index (χ0v) is 12.0. The van der Waals surface area contributed by atoms with Gasteiger partial charge >= 0.3 is 0 Å². The summed E-state index contributed by atoms with van der Waals surface area (Å²) in [6.07, 6.45) is 0. The number of hydrogen-bond acceptors (Lipinski definition) is 1. The first-order valence-corrected chi connectivity index (χ1v) is 7.02. The molecule has 0 spiro atoms. The standard InChI is InChI=1S/C19H17N/c1-10-9-14-6-4-5-13-7-8-15-18(17(13)14)16(10)11(2)12(3)19(15)20/h4-9H,20H2,1-3H3. The van der Waals surface area contributed by atoms with E-state index in [1.165, 1.54) is 49.0 Å². The first kappa shape index (κ1) is 11.5. The van der Waals surface area contributed by atoms with Crippen LogP contribution in [-0.2, 0) is 0 Å². The van der Waals surface area contributed by atoms with Crippen molar-refractivity contribution >= 4 is 38.0 Å². The number of rotatable bonds is 0. The minimum Gasteiger partial charge on any atom is -0.398 e. The van der Waals surface area contributed by atoms with E-state index in [0.29, 0.717) is 0 Å². The van der Waals surface area contributed by atoms with Gasteiger partial charge in [-0.2, -0.15) is 0 Å². The van der Waals surface area contributed by atoms with Gasteiger partial charge in [-0.15, -0.1) is 0 Å². The third-order valence-corrected chi connectivity index (χ3v) is 4.73. The average Bonchev–Trinajstić information content (AvgIpc) is 2.44. The van der Waals surface area contributed by atoms with Crippen LogP contribution in [0.1, 0.15) is 16.7 Å². The molecule has 20 heavy (non-hydrogen) atoms. The fourth-order valence-electron chi connectivity index (χ4n) is 3.59. The highest BCUT2D eigenvalue weighted by Gasteiger charge is 2.15. The van der Waals surface area contributed by atoms with Gasteiger partial charge in [-0.3, -0.25) is 0 Å². The van der Waals surface area contributed by atoms with Gasteiger partial charge in [0.05, 0.1) is 0 Å². The van der Waals surface area contributed by atoms with Crippen LogP contribution in [0.2, 0.25) is 0 Å². The topological polar surface area (TPSA) is 26.0 Å². The second-order valence-corrected chi connectivity index (χ2v) is 5.80. The molecule has 98 valence electrons. The molecule has 0 saturated heterocycles. The third-order valence-electron chi connectivity index (χ3n) is 4.73. The predicted molar refractivity (Wildman–Crippen MR) is 88.8 cm³/mol. The van der Waals surface area contributed by atoms with E-state index in [1.807, 2.05) is 0 Å². The van der Waals surface area contributed by atoms with Crippen molar-refractivity contribution in [2.75, 3.05) is 5.73 Å². The summed E-state index contributed by atoms with van der Waals surface area (Å²) >= 11 is 0. The first-order valence-electron chi connectivity index (χ1n) is 7.02. The molecule has 1 nitrogen and oxygen atoms in total. The van der Waals surface area contributed by atoms with Gasteiger partial charge < -0.3 is 5.73 Å². The lowest BCUT2D eigenvalue weighted by Crippen LogP contribution is -1.98. The predicted octanol–water partition coefficient (Wildman–Crippen LogP) is 5.09. The van der Waals surface area contributed by atoms with Gasteiger partial charge in [-0.25, -0.2) is 0 Å². The molecule has 0 amide bonds. The van der Waals surface area contributed by atoms with Crippen molar-refractivity contribution in [2.24, 2.45) is 0 Å². The molecule has 0 aliphatic heterocycles. The van der Waals surface area contributed by atoms with Crippen LogP contribution in [0.3, 0.4) is 0 Å². The lowest BCUT2D eigenvalue weighted by Gasteiger charge is -2.18. The molecular formula is C19H17N. The van der Waals surface area contributed by atoms with Crippen LogP contribution >= 0.6 is 0 Å². The molecule has 0 aromatic heterocycles. The molecule has 4 aromatic rings. The summed E-state index contributed by atoms with van der Waals surface area (Å²) in [5, 5.41) is 7.84. The summed E-state index contributed by atoms with van der Waals surface area (Å²) in [4.78, 5) is 0. The zero-order chi connectivity index (χ0) is 14.0. The molecule has 2 N–H and O–H groups in total. The molecule has 0 radical (unpaired) electrons. The van der Waals surface area contributed by atoms with Gasteiger partial charge in [0.15, 0.2) is 0 Å². The fourth-order valence-corrected chi connectivity index (χ4v) is 3.59. The third kappa shape index (κ3) is 1.23. The van der Waals surface area contributed by atoms with Gasteiger partial charge in [0.1, 0.15) is 0 Å². The molecule has 0 fully saturated rings. The van der Waals surface area contributed by atoms with Crippen LogP contribution in [-0.4, -0.2) is 0 Å². The monoisotopic (exact) mass is 259 g/mol. The summed E-state index contributed by atoms with van der Waals surface area (Å²) in [7, 11) is 0. The Morgan fingerprint density at radius 3 is 2.30 bits per heavy atom. The smallest absolute Gasteiger partial charge is 0.0426 e. The maximum absolute atomic E-state index is 6.38. The highest BCUT2D eigenvalue weighted by molar-refractivity contribution is 6.26. The molecule has 0 aliphatic rings. The normalized spacial score (nSPS) is 11.9. The summed E-state index contributed by atoms with van der Waals surface area (Å²) in [5.74, 6) is 0. The second-order valence-electron chi connectivity index (χ2n) is 5.80. The maximum atomic E-state index is 6.38. The Bertz CT molecular complexity index is 980. The molecule has 4 aromatic carbocycles. The van der Waals surface area contributed by atoms with Crippen molar-refractivity contribution in [3.8, 4) is 0 Å². The number of aryl methyl sites for hydroxylation is 2. The highest BCUT2D eigenvalue weighted by atomic mass is 14.6. The molecule has 0 heterocycles. The summed E-state index contributed by atoms with van der Waals surface area (Å²) < 4.78 is 0. The first-order chi connectivity index (χ1) is 9.59. The van der Waals surface area contributed by atoms with E-state index in [9.17, 15) is 0 Å². The van der Waals surface area contributed by atoms with E-state index in [4.69, 9.17) is 5.73 Å². The molecule has 0 atom stereocenters. The Balaban J connectivity index is 2.50. The van der Waals surface area contributed by atoms with E-state index >= 15 is 0 Å². The largest absolute Gasteiger partial charge is 0.398 e. The summed E-state index contributed by atoms with van der Waals surface area (Å²) in [6.45, 7) is 6.51. The van der Waals surface area contributed by atoms with E-state index in [1.54, 1.807) is 0 Å². The Kier molecular flexibility index (Phi) is 2.10. The molecule has 0 bridgehead atoms. The van der Waals surface area contributed by atoms with Gasteiger partial charge in [-0.1, -0.05) is 36.4 Å². The summed E-state index contributed by atoms with van der Waals surface area (Å²) in [5.41, 5.74) is 11.2. The minimum absolute atomic E-state index is 0.924. The van der Waals surface area contributed by atoms with Crippen molar-refractivity contribution in [1.82, 2.24) is 0 Å². The van der Waals surface area contributed by atoms with Gasteiger partial charge in [0, 0.05) is 11.1 Å². The molecule has 0 saturated carbocycles. The van der Waals surface area contributed by atoms with Crippen molar-refractivity contribution in [3.63, 3.8) is 0 Å². The lowest BCUT2D eigenvalue weighted by molar-refractivity contribution is 1.38. The Morgan fingerprint density at radius 2 is 1.50 bits per heavy atom. The Hall–Kier alpha value is -2.28. The number of hydrogen-bond donors (Lipinski definition) is 1. The van der Waals surface area contributed by atoms with Crippen LogP contribution in [0.4, 0.5) is 5.69 Å². The van der Waals surface area contributed by atoms with Crippen molar-refractivity contribution in [1.29, 1.82) is 0 Å². The number of nitrogen functional groups attached to an aromatic ring is 1. The van der Waals surface area contributed by atoms with Gasteiger partial charge in [-0.05, 0) is 64.4 Å². The van der Waals surface area contributed by atoms with E-state index in [0.717, 1.165) is 5.69 Å². The van der Waals surface area contributed by atoms with E-state index < -0.39 is 0 Å².